The van der Waals surface area contributed by atoms with Crippen molar-refractivity contribution >= 4 is 21.6 Å². The number of rotatable bonds is 8. The molecule has 140 valence electrons. The van der Waals surface area contributed by atoms with E-state index in [0.717, 1.165) is 31.0 Å². The van der Waals surface area contributed by atoms with Crippen LogP contribution in [0.4, 0.5) is 14.5 Å². The second-order valence-electron chi connectivity index (χ2n) is 5.68. The number of hydrogen-bond acceptors (Lipinski definition) is 3. The first kappa shape index (κ1) is 20.0. The molecular formula is C18H20F2N2O3S. The molecule has 0 heterocycles. The van der Waals surface area contributed by atoms with Gasteiger partial charge in [0.2, 0.25) is 10.0 Å². The Morgan fingerprint density at radius 1 is 1.04 bits per heavy atom. The summed E-state index contributed by atoms with van der Waals surface area (Å²) in [6, 6.07) is 8.43. The van der Waals surface area contributed by atoms with Crippen molar-refractivity contribution in [2.24, 2.45) is 0 Å². The molecule has 0 spiro atoms. The molecule has 0 aromatic heterocycles. The fourth-order valence-corrected chi connectivity index (χ4v) is 3.35. The number of anilines is 1. The van der Waals surface area contributed by atoms with E-state index >= 15 is 0 Å². The molecule has 2 N–H and O–H groups in total. The Morgan fingerprint density at radius 2 is 1.77 bits per heavy atom. The first-order chi connectivity index (χ1) is 12.3. The lowest BCUT2D eigenvalue weighted by molar-refractivity contribution is 0.102. The van der Waals surface area contributed by atoms with Gasteiger partial charge in [0.25, 0.3) is 5.91 Å². The summed E-state index contributed by atoms with van der Waals surface area (Å²) >= 11 is 0. The topological polar surface area (TPSA) is 75.3 Å². The van der Waals surface area contributed by atoms with Crippen LogP contribution in [0.3, 0.4) is 0 Å². The first-order valence-electron chi connectivity index (χ1n) is 8.20. The molecule has 26 heavy (non-hydrogen) atoms. The van der Waals surface area contributed by atoms with Crippen molar-refractivity contribution < 1.29 is 22.0 Å². The highest BCUT2D eigenvalue weighted by Gasteiger charge is 2.18. The fraction of sp³-hybridized carbons (Fsp3) is 0.278. The zero-order valence-corrected chi connectivity index (χ0v) is 15.1. The number of halogens is 2. The molecule has 2 aromatic carbocycles. The van der Waals surface area contributed by atoms with Crippen molar-refractivity contribution in [1.29, 1.82) is 0 Å². The van der Waals surface area contributed by atoms with Gasteiger partial charge < -0.3 is 5.32 Å². The molecule has 0 saturated heterocycles. The van der Waals surface area contributed by atoms with Crippen LogP contribution < -0.4 is 10.0 Å². The lowest BCUT2D eigenvalue weighted by atomic mass is 10.2. The summed E-state index contributed by atoms with van der Waals surface area (Å²) < 4.78 is 54.5. The molecule has 0 aliphatic carbocycles. The van der Waals surface area contributed by atoms with Gasteiger partial charge in [-0.15, -0.1) is 0 Å². The third-order valence-electron chi connectivity index (χ3n) is 3.69. The van der Waals surface area contributed by atoms with E-state index < -0.39 is 27.6 Å². The van der Waals surface area contributed by atoms with Gasteiger partial charge in [-0.25, -0.2) is 21.9 Å². The summed E-state index contributed by atoms with van der Waals surface area (Å²) in [5.41, 5.74) is -0.468. The first-order valence-corrected chi connectivity index (χ1v) is 9.68. The Bertz CT molecular complexity index is 886. The van der Waals surface area contributed by atoms with E-state index in [9.17, 15) is 22.0 Å². The second-order valence-corrected chi connectivity index (χ2v) is 7.45. The van der Waals surface area contributed by atoms with Crippen LogP contribution >= 0.6 is 0 Å². The van der Waals surface area contributed by atoms with Crippen molar-refractivity contribution in [2.75, 3.05) is 11.9 Å². The van der Waals surface area contributed by atoms with Gasteiger partial charge in [0, 0.05) is 6.54 Å². The summed E-state index contributed by atoms with van der Waals surface area (Å²) in [4.78, 5) is 11.8. The third-order valence-corrected chi connectivity index (χ3v) is 5.15. The molecule has 2 aromatic rings. The molecule has 0 radical (unpaired) electrons. The molecule has 0 saturated carbocycles. The molecule has 1 amide bonds. The van der Waals surface area contributed by atoms with Crippen LogP contribution in [-0.4, -0.2) is 20.9 Å². The standard InChI is InChI=1S/C18H20F2N2O3S/c1-2-3-6-11-21-26(24,25)13-9-10-17(16(20)12-13)22-18(23)14-7-4-5-8-15(14)19/h4-5,7-10,12,21H,2-3,6,11H2,1H3,(H,22,23). The van der Waals surface area contributed by atoms with Crippen molar-refractivity contribution in [3.8, 4) is 0 Å². The Hall–Kier alpha value is -2.32. The van der Waals surface area contributed by atoms with Gasteiger partial charge in [0.15, 0.2) is 0 Å². The summed E-state index contributed by atoms with van der Waals surface area (Å²) in [5.74, 6) is -2.48. The number of carbonyl (C=O) groups excluding carboxylic acids is 1. The quantitative estimate of drug-likeness (QED) is 0.684. The normalized spacial score (nSPS) is 11.3. The van der Waals surface area contributed by atoms with E-state index in [4.69, 9.17) is 0 Å². The Kier molecular flexibility index (Phi) is 6.82. The van der Waals surface area contributed by atoms with Crippen LogP contribution in [0.15, 0.2) is 47.4 Å². The summed E-state index contributed by atoms with van der Waals surface area (Å²) in [7, 11) is -3.83. The van der Waals surface area contributed by atoms with E-state index in [1.54, 1.807) is 0 Å². The summed E-state index contributed by atoms with van der Waals surface area (Å²) in [5, 5.41) is 2.24. The Labute approximate surface area is 151 Å². The largest absolute Gasteiger partial charge is 0.319 e. The van der Waals surface area contributed by atoms with Gasteiger partial charge in [-0.3, -0.25) is 4.79 Å². The average molecular weight is 382 g/mol. The van der Waals surface area contributed by atoms with Crippen LogP contribution in [0.1, 0.15) is 36.5 Å². The fourth-order valence-electron chi connectivity index (χ4n) is 2.26. The molecule has 0 atom stereocenters. The SMILES string of the molecule is CCCCCNS(=O)(=O)c1ccc(NC(=O)c2ccccc2F)c(F)c1. The minimum absolute atomic E-state index is 0.233. The number of sulfonamides is 1. The van der Waals surface area contributed by atoms with Crippen molar-refractivity contribution in [2.45, 2.75) is 31.1 Å². The smallest absolute Gasteiger partial charge is 0.258 e. The van der Waals surface area contributed by atoms with Gasteiger partial charge in [-0.1, -0.05) is 31.9 Å². The molecular weight excluding hydrogens is 362 g/mol. The van der Waals surface area contributed by atoms with Crippen molar-refractivity contribution in [3.05, 3.63) is 59.7 Å². The lowest BCUT2D eigenvalue weighted by Crippen LogP contribution is -2.25. The number of benzene rings is 2. The number of nitrogens with one attached hydrogen (secondary N) is 2. The van der Waals surface area contributed by atoms with Crippen LogP contribution in [0.25, 0.3) is 0 Å². The third kappa shape index (κ3) is 5.09. The maximum absolute atomic E-state index is 14.2. The van der Waals surface area contributed by atoms with E-state index in [-0.39, 0.29) is 22.7 Å². The molecule has 0 aliphatic rings. The Morgan fingerprint density at radius 3 is 2.42 bits per heavy atom. The van der Waals surface area contributed by atoms with Crippen LogP contribution in [0.2, 0.25) is 0 Å². The van der Waals surface area contributed by atoms with Crippen LogP contribution in [0.5, 0.6) is 0 Å². The molecule has 2 rings (SSSR count). The zero-order valence-electron chi connectivity index (χ0n) is 14.3. The maximum Gasteiger partial charge on any atom is 0.258 e. The highest BCUT2D eigenvalue weighted by molar-refractivity contribution is 7.89. The van der Waals surface area contributed by atoms with Crippen molar-refractivity contribution in [1.82, 2.24) is 4.72 Å². The number of amides is 1. The molecule has 0 bridgehead atoms. The molecule has 0 fully saturated rings. The highest BCUT2D eigenvalue weighted by Crippen LogP contribution is 2.20. The van der Waals surface area contributed by atoms with Gasteiger partial charge >= 0.3 is 0 Å². The van der Waals surface area contributed by atoms with Gasteiger partial charge in [0.1, 0.15) is 11.6 Å². The van der Waals surface area contributed by atoms with E-state index in [1.807, 2.05) is 6.92 Å². The Balaban J connectivity index is 2.12. The van der Waals surface area contributed by atoms with Crippen molar-refractivity contribution in [3.63, 3.8) is 0 Å². The molecule has 0 unspecified atom stereocenters. The van der Waals surface area contributed by atoms with E-state index in [2.05, 4.69) is 10.0 Å². The number of unbranched alkanes of at least 4 members (excludes halogenated alkanes) is 2. The van der Waals surface area contributed by atoms with Crippen LogP contribution in [-0.2, 0) is 10.0 Å². The predicted molar refractivity (Wildman–Crippen MR) is 95.5 cm³/mol. The zero-order chi connectivity index (χ0) is 19.2. The van der Waals surface area contributed by atoms with Crippen LogP contribution in [0, 0.1) is 11.6 Å². The maximum atomic E-state index is 14.2. The minimum Gasteiger partial charge on any atom is -0.319 e. The summed E-state index contributed by atoms with van der Waals surface area (Å²) in [6.45, 7) is 2.27. The van der Waals surface area contributed by atoms with Gasteiger partial charge in [-0.05, 0) is 36.8 Å². The second kappa shape index (κ2) is 8.86. The highest BCUT2D eigenvalue weighted by atomic mass is 32.2. The number of carbonyl (C=O) groups is 1. The predicted octanol–water partition coefficient (Wildman–Crippen LogP) is 3.69. The molecule has 8 heteroatoms. The summed E-state index contributed by atoms with van der Waals surface area (Å²) in [6.07, 6.45) is 2.53. The van der Waals surface area contributed by atoms with E-state index in [1.165, 1.54) is 24.3 Å². The van der Waals surface area contributed by atoms with E-state index in [0.29, 0.717) is 6.42 Å². The lowest BCUT2D eigenvalue weighted by Gasteiger charge is -2.10. The monoisotopic (exact) mass is 382 g/mol. The average Bonchev–Trinajstić information content (AvgIpc) is 2.60. The molecule has 5 nitrogen and oxygen atoms in total. The molecule has 0 aliphatic heterocycles. The number of hydrogen-bond donors (Lipinski definition) is 2. The minimum atomic E-state index is -3.83. The van der Waals surface area contributed by atoms with Gasteiger partial charge in [0.05, 0.1) is 16.1 Å². The van der Waals surface area contributed by atoms with Gasteiger partial charge in [-0.2, -0.15) is 0 Å².